The van der Waals surface area contributed by atoms with Crippen LogP contribution in [0.15, 0.2) is 53.4 Å². The second-order valence-electron chi connectivity index (χ2n) is 5.89. The Morgan fingerprint density at radius 1 is 1.11 bits per heavy atom. The highest BCUT2D eigenvalue weighted by molar-refractivity contribution is 7.84. The summed E-state index contributed by atoms with van der Waals surface area (Å²) in [6.45, 7) is 1.93. The topological polar surface area (TPSA) is 81.7 Å². The number of hydrogen-bond donors (Lipinski definition) is 1. The zero-order valence-corrected chi connectivity index (χ0v) is 16.4. The van der Waals surface area contributed by atoms with Crippen LogP contribution in [0.25, 0.3) is 0 Å². The number of hydrogen-bond acceptors (Lipinski definition) is 5. The molecule has 0 saturated heterocycles. The molecule has 1 N–H and O–H groups in total. The van der Waals surface area contributed by atoms with E-state index in [1.807, 2.05) is 24.3 Å². The number of rotatable bonds is 8. The molecule has 2 aromatic carbocycles. The predicted octanol–water partition coefficient (Wildman–Crippen LogP) is 2.34. The quantitative estimate of drug-likeness (QED) is 0.701. The van der Waals surface area contributed by atoms with Gasteiger partial charge in [0, 0.05) is 12.8 Å². The molecule has 1 amide bonds. The normalized spacial score (nSPS) is 12.7. The number of benzene rings is 2. The molecule has 0 bridgehead atoms. The molecule has 0 aromatic heterocycles. The van der Waals surface area contributed by atoms with Gasteiger partial charge in [0.25, 0.3) is 5.91 Å². The zero-order valence-electron chi connectivity index (χ0n) is 15.6. The summed E-state index contributed by atoms with van der Waals surface area (Å²) in [5.74, 6) is -0.276. The third-order valence-electron chi connectivity index (χ3n) is 3.94. The second-order valence-corrected chi connectivity index (χ2v) is 7.23. The van der Waals surface area contributed by atoms with Crippen molar-refractivity contribution in [2.24, 2.45) is 0 Å². The smallest absolute Gasteiger partial charge is 0.340 e. The lowest BCUT2D eigenvalue weighted by Crippen LogP contribution is -2.37. The highest BCUT2D eigenvalue weighted by Gasteiger charge is 2.21. The molecule has 2 rings (SSSR count). The number of nitrogens with one attached hydrogen (secondary N) is 1. The van der Waals surface area contributed by atoms with Gasteiger partial charge in [0.05, 0.1) is 28.4 Å². The van der Waals surface area contributed by atoms with Crippen molar-refractivity contribution in [2.75, 3.05) is 19.9 Å². The molecule has 2 aromatic rings. The maximum atomic E-state index is 12.3. The number of ether oxygens (including phenoxy) is 2. The van der Waals surface area contributed by atoms with Gasteiger partial charge in [-0.25, -0.2) is 4.79 Å². The molecule has 0 aliphatic carbocycles. The van der Waals surface area contributed by atoms with Gasteiger partial charge in [0.15, 0.2) is 6.10 Å². The molecule has 0 fully saturated rings. The number of methoxy groups -OCH3 is 1. The van der Waals surface area contributed by atoms with E-state index in [9.17, 15) is 13.8 Å². The van der Waals surface area contributed by atoms with Crippen LogP contribution in [0.4, 0.5) is 0 Å². The van der Waals surface area contributed by atoms with Gasteiger partial charge in [0.2, 0.25) is 0 Å². The summed E-state index contributed by atoms with van der Waals surface area (Å²) in [5, 5.41) is 2.75. The SMILES string of the molecule is COc1ccc(CCNC(=O)[C@H](C)OC(=O)c2ccccc2[S@](C)=O)cc1. The predicted molar refractivity (Wildman–Crippen MR) is 103 cm³/mol. The van der Waals surface area contributed by atoms with E-state index in [1.54, 1.807) is 25.3 Å². The minimum absolute atomic E-state index is 0.205. The monoisotopic (exact) mass is 389 g/mol. The summed E-state index contributed by atoms with van der Waals surface area (Å²) in [7, 11) is 0.280. The largest absolute Gasteiger partial charge is 0.497 e. The first-order valence-electron chi connectivity index (χ1n) is 8.46. The van der Waals surface area contributed by atoms with E-state index in [1.165, 1.54) is 19.2 Å². The lowest BCUT2D eigenvalue weighted by molar-refractivity contribution is -0.129. The Kier molecular flexibility index (Phi) is 7.55. The summed E-state index contributed by atoms with van der Waals surface area (Å²) in [6.07, 6.45) is 1.18. The molecule has 0 spiro atoms. The van der Waals surface area contributed by atoms with Crippen molar-refractivity contribution in [3.63, 3.8) is 0 Å². The lowest BCUT2D eigenvalue weighted by atomic mass is 10.1. The molecule has 0 heterocycles. The van der Waals surface area contributed by atoms with Crippen LogP contribution in [0.1, 0.15) is 22.8 Å². The number of carbonyl (C=O) groups is 2. The molecule has 0 radical (unpaired) electrons. The maximum absolute atomic E-state index is 12.3. The molecule has 6 nitrogen and oxygen atoms in total. The van der Waals surface area contributed by atoms with Crippen LogP contribution in [0, 0.1) is 0 Å². The van der Waals surface area contributed by atoms with E-state index in [2.05, 4.69) is 5.32 Å². The van der Waals surface area contributed by atoms with E-state index < -0.39 is 22.9 Å². The van der Waals surface area contributed by atoms with Gasteiger partial charge < -0.3 is 14.8 Å². The molecule has 144 valence electrons. The van der Waals surface area contributed by atoms with Crippen molar-refractivity contribution in [3.8, 4) is 5.75 Å². The van der Waals surface area contributed by atoms with Crippen molar-refractivity contribution in [1.82, 2.24) is 5.32 Å². The van der Waals surface area contributed by atoms with Crippen LogP contribution >= 0.6 is 0 Å². The van der Waals surface area contributed by atoms with Crippen LogP contribution in [-0.2, 0) is 26.8 Å². The molecule has 0 aliphatic heterocycles. The van der Waals surface area contributed by atoms with Crippen LogP contribution in [0.5, 0.6) is 5.75 Å². The minimum atomic E-state index is -1.33. The fraction of sp³-hybridized carbons (Fsp3) is 0.300. The second kappa shape index (κ2) is 9.87. The summed E-state index contributed by atoms with van der Waals surface area (Å²) in [4.78, 5) is 24.8. The van der Waals surface area contributed by atoms with Gasteiger partial charge in [0.1, 0.15) is 5.75 Å². The molecule has 2 atom stereocenters. The average Bonchev–Trinajstić information content (AvgIpc) is 2.68. The third kappa shape index (κ3) is 5.92. The summed E-state index contributed by atoms with van der Waals surface area (Å²) in [5.41, 5.74) is 1.26. The summed E-state index contributed by atoms with van der Waals surface area (Å²) >= 11 is 0. The maximum Gasteiger partial charge on any atom is 0.340 e. The number of esters is 1. The highest BCUT2D eigenvalue weighted by atomic mass is 32.2. The van der Waals surface area contributed by atoms with Gasteiger partial charge in [-0.2, -0.15) is 0 Å². The summed E-state index contributed by atoms with van der Waals surface area (Å²) < 4.78 is 22.0. The molecule has 27 heavy (non-hydrogen) atoms. The lowest BCUT2D eigenvalue weighted by Gasteiger charge is -2.14. The van der Waals surface area contributed by atoms with Gasteiger partial charge in [-0.05, 0) is 43.2 Å². The van der Waals surface area contributed by atoms with Crippen LogP contribution in [0.2, 0.25) is 0 Å². The van der Waals surface area contributed by atoms with Gasteiger partial charge in [-0.15, -0.1) is 0 Å². The zero-order chi connectivity index (χ0) is 19.8. The van der Waals surface area contributed by atoms with Gasteiger partial charge in [-0.1, -0.05) is 24.3 Å². The van der Waals surface area contributed by atoms with Crippen LogP contribution in [-0.4, -0.2) is 42.1 Å². The van der Waals surface area contributed by atoms with Crippen LogP contribution < -0.4 is 10.1 Å². The third-order valence-corrected chi connectivity index (χ3v) is 4.92. The van der Waals surface area contributed by atoms with Crippen molar-refractivity contribution in [1.29, 1.82) is 0 Å². The van der Waals surface area contributed by atoms with E-state index in [-0.39, 0.29) is 11.5 Å². The van der Waals surface area contributed by atoms with Gasteiger partial charge in [-0.3, -0.25) is 9.00 Å². The Morgan fingerprint density at radius 2 is 1.78 bits per heavy atom. The molecule has 0 unspecified atom stereocenters. The molecular weight excluding hydrogens is 366 g/mol. The van der Waals surface area contributed by atoms with Crippen molar-refractivity contribution in [2.45, 2.75) is 24.3 Å². The first kappa shape index (κ1) is 20.6. The fourth-order valence-corrected chi connectivity index (χ4v) is 3.16. The van der Waals surface area contributed by atoms with Crippen molar-refractivity contribution >= 4 is 22.7 Å². The Balaban J connectivity index is 1.86. The standard InChI is InChI=1S/C20H23NO5S/c1-14(26-20(23)17-6-4-5-7-18(17)27(3)24)19(22)21-13-12-15-8-10-16(25-2)11-9-15/h4-11,14H,12-13H2,1-3H3,(H,21,22)/t14-,27-/m0/s1. The Hall–Kier alpha value is -2.67. The Bertz CT molecular complexity index is 819. The molecule has 0 aliphatic rings. The highest BCUT2D eigenvalue weighted by Crippen LogP contribution is 2.15. The van der Waals surface area contributed by atoms with Gasteiger partial charge >= 0.3 is 5.97 Å². The van der Waals surface area contributed by atoms with E-state index in [0.29, 0.717) is 17.9 Å². The minimum Gasteiger partial charge on any atom is -0.497 e. The number of amides is 1. The van der Waals surface area contributed by atoms with E-state index in [0.717, 1.165) is 11.3 Å². The summed E-state index contributed by atoms with van der Waals surface area (Å²) in [6, 6.07) is 14.1. The first-order valence-corrected chi connectivity index (χ1v) is 10.0. The van der Waals surface area contributed by atoms with E-state index >= 15 is 0 Å². The number of carbonyl (C=O) groups excluding carboxylic acids is 2. The Morgan fingerprint density at radius 3 is 2.41 bits per heavy atom. The fourth-order valence-electron chi connectivity index (χ4n) is 2.43. The van der Waals surface area contributed by atoms with Crippen molar-refractivity contribution in [3.05, 3.63) is 59.7 Å². The van der Waals surface area contributed by atoms with Crippen molar-refractivity contribution < 1.29 is 23.3 Å². The average molecular weight is 389 g/mol. The van der Waals surface area contributed by atoms with E-state index in [4.69, 9.17) is 9.47 Å². The first-order chi connectivity index (χ1) is 12.9. The molecular formula is C20H23NO5S. The molecule has 7 heteroatoms. The van der Waals surface area contributed by atoms with Crippen LogP contribution in [0.3, 0.4) is 0 Å². The Labute approximate surface area is 161 Å². The molecule has 0 saturated carbocycles.